The van der Waals surface area contributed by atoms with Crippen LogP contribution in [0.4, 0.5) is 0 Å². The zero-order valence-electron chi connectivity index (χ0n) is 8.71. The second kappa shape index (κ2) is 5.00. The minimum atomic E-state index is 0.105. The molecule has 1 nitrogen and oxygen atoms in total. The van der Waals surface area contributed by atoms with Gasteiger partial charge in [0.05, 0.1) is 0 Å². The molecule has 1 aromatic carbocycles. The summed E-state index contributed by atoms with van der Waals surface area (Å²) in [5, 5.41) is 0. The Bertz CT molecular complexity index is 505. The lowest BCUT2D eigenvalue weighted by molar-refractivity contribution is 0.838. The van der Waals surface area contributed by atoms with Gasteiger partial charge in [-0.2, -0.15) is 0 Å². The van der Waals surface area contributed by atoms with Crippen molar-refractivity contribution >= 4 is 43.2 Å². The van der Waals surface area contributed by atoms with E-state index >= 15 is 0 Å². The monoisotopic (exact) mass is 359 g/mol. The number of thiophene rings is 1. The van der Waals surface area contributed by atoms with Gasteiger partial charge in [0.25, 0.3) is 0 Å². The fourth-order valence-electron chi connectivity index (χ4n) is 1.43. The van der Waals surface area contributed by atoms with Crippen LogP contribution in [0, 0.1) is 0 Å². The Labute approximate surface area is 116 Å². The standard InChI is InChI=1S/C12H11Br2NS/c1-7(15)11-4-5-12(16-11)9-3-2-8(13)6-10(9)14/h2-7H,15H2,1H3. The lowest BCUT2D eigenvalue weighted by Crippen LogP contribution is -2.01. The van der Waals surface area contributed by atoms with Crippen molar-refractivity contribution in [2.45, 2.75) is 13.0 Å². The lowest BCUT2D eigenvalue weighted by atomic mass is 10.2. The minimum absolute atomic E-state index is 0.105. The zero-order valence-corrected chi connectivity index (χ0v) is 12.7. The molecule has 16 heavy (non-hydrogen) atoms. The first-order valence-corrected chi connectivity index (χ1v) is 7.29. The molecular weight excluding hydrogens is 350 g/mol. The van der Waals surface area contributed by atoms with Gasteiger partial charge in [-0.15, -0.1) is 11.3 Å². The highest BCUT2D eigenvalue weighted by molar-refractivity contribution is 9.11. The maximum atomic E-state index is 5.86. The van der Waals surface area contributed by atoms with E-state index in [1.165, 1.54) is 15.3 Å². The van der Waals surface area contributed by atoms with Crippen molar-refractivity contribution in [3.63, 3.8) is 0 Å². The summed E-state index contributed by atoms with van der Waals surface area (Å²) in [6.45, 7) is 2.01. The Morgan fingerprint density at radius 3 is 2.50 bits per heavy atom. The highest BCUT2D eigenvalue weighted by Crippen LogP contribution is 2.36. The molecule has 1 atom stereocenters. The first-order chi connectivity index (χ1) is 7.58. The summed E-state index contributed by atoms with van der Waals surface area (Å²) in [5.41, 5.74) is 7.07. The van der Waals surface area contributed by atoms with Crippen LogP contribution in [-0.4, -0.2) is 0 Å². The molecule has 0 saturated carbocycles. The van der Waals surface area contributed by atoms with Crippen LogP contribution in [0.15, 0.2) is 39.3 Å². The molecule has 2 aromatic rings. The smallest absolute Gasteiger partial charge is 0.0361 e. The van der Waals surface area contributed by atoms with E-state index in [2.05, 4.69) is 56.1 Å². The van der Waals surface area contributed by atoms with E-state index in [0.29, 0.717) is 0 Å². The van der Waals surface area contributed by atoms with Crippen molar-refractivity contribution in [2.75, 3.05) is 0 Å². The van der Waals surface area contributed by atoms with Crippen molar-refractivity contribution in [1.29, 1.82) is 0 Å². The molecule has 0 bridgehead atoms. The Morgan fingerprint density at radius 2 is 1.94 bits per heavy atom. The van der Waals surface area contributed by atoms with E-state index in [4.69, 9.17) is 5.73 Å². The fraction of sp³-hybridized carbons (Fsp3) is 0.167. The zero-order chi connectivity index (χ0) is 11.7. The molecule has 0 spiro atoms. The SMILES string of the molecule is CC(N)c1ccc(-c2ccc(Br)cc2Br)s1. The van der Waals surface area contributed by atoms with E-state index < -0.39 is 0 Å². The van der Waals surface area contributed by atoms with Crippen LogP contribution in [0.2, 0.25) is 0 Å². The summed E-state index contributed by atoms with van der Waals surface area (Å²) in [5.74, 6) is 0. The topological polar surface area (TPSA) is 26.0 Å². The van der Waals surface area contributed by atoms with E-state index in [-0.39, 0.29) is 6.04 Å². The minimum Gasteiger partial charge on any atom is -0.324 e. The molecule has 2 rings (SSSR count). The summed E-state index contributed by atoms with van der Waals surface area (Å²) < 4.78 is 2.17. The van der Waals surface area contributed by atoms with Crippen molar-refractivity contribution in [1.82, 2.24) is 0 Å². The van der Waals surface area contributed by atoms with Gasteiger partial charge in [-0.1, -0.05) is 37.9 Å². The number of nitrogens with two attached hydrogens (primary N) is 1. The van der Waals surface area contributed by atoms with Crippen LogP contribution in [-0.2, 0) is 0 Å². The molecule has 0 fully saturated rings. The second-order valence-corrected chi connectivity index (χ2v) is 6.50. The van der Waals surface area contributed by atoms with Gasteiger partial charge >= 0.3 is 0 Å². The molecule has 4 heteroatoms. The van der Waals surface area contributed by atoms with Gasteiger partial charge in [-0.3, -0.25) is 0 Å². The first-order valence-electron chi connectivity index (χ1n) is 4.88. The van der Waals surface area contributed by atoms with Crippen molar-refractivity contribution < 1.29 is 0 Å². The van der Waals surface area contributed by atoms with Crippen molar-refractivity contribution in [3.8, 4) is 10.4 Å². The van der Waals surface area contributed by atoms with Crippen LogP contribution in [0.3, 0.4) is 0 Å². The molecule has 1 heterocycles. The summed E-state index contributed by atoms with van der Waals surface area (Å²) in [7, 11) is 0. The van der Waals surface area contributed by atoms with Gasteiger partial charge in [0, 0.05) is 30.3 Å². The number of halogens is 2. The third-order valence-corrected chi connectivity index (χ3v) is 4.74. The second-order valence-electron chi connectivity index (χ2n) is 3.61. The maximum Gasteiger partial charge on any atom is 0.0361 e. The largest absolute Gasteiger partial charge is 0.324 e. The van der Waals surface area contributed by atoms with Crippen LogP contribution >= 0.6 is 43.2 Å². The normalized spacial score (nSPS) is 12.8. The highest BCUT2D eigenvalue weighted by atomic mass is 79.9. The summed E-state index contributed by atoms with van der Waals surface area (Å²) in [6.07, 6.45) is 0. The average molecular weight is 361 g/mol. The van der Waals surface area contributed by atoms with Gasteiger partial charge in [0.15, 0.2) is 0 Å². The predicted octanol–water partition coefficient (Wildman–Crippen LogP) is 4.96. The van der Waals surface area contributed by atoms with Gasteiger partial charge in [-0.25, -0.2) is 0 Å². The summed E-state index contributed by atoms with van der Waals surface area (Å²) >= 11 is 8.77. The van der Waals surface area contributed by atoms with Crippen LogP contribution in [0.5, 0.6) is 0 Å². The third-order valence-electron chi connectivity index (χ3n) is 2.27. The maximum absolute atomic E-state index is 5.86. The van der Waals surface area contributed by atoms with E-state index in [1.807, 2.05) is 13.0 Å². The summed E-state index contributed by atoms with van der Waals surface area (Å²) in [4.78, 5) is 2.46. The van der Waals surface area contributed by atoms with E-state index in [0.717, 1.165) is 8.95 Å². The lowest BCUT2D eigenvalue weighted by Gasteiger charge is -2.02. The first kappa shape index (κ1) is 12.3. The predicted molar refractivity (Wildman–Crippen MR) is 77.8 cm³/mol. The fourth-order valence-corrected chi connectivity index (χ4v) is 3.82. The number of hydrogen-bond acceptors (Lipinski definition) is 2. The van der Waals surface area contributed by atoms with Gasteiger partial charge in [-0.05, 0) is 31.2 Å². The molecule has 0 aliphatic carbocycles. The number of hydrogen-bond donors (Lipinski definition) is 1. The molecule has 0 saturated heterocycles. The third kappa shape index (κ3) is 2.56. The van der Waals surface area contributed by atoms with Crippen LogP contribution < -0.4 is 5.73 Å². The van der Waals surface area contributed by atoms with Gasteiger partial charge in [0.2, 0.25) is 0 Å². The van der Waals surface area contributed by atoms with Gasteiger partial charge in [0.1, 0.15) is 0 Å². The molecule has 2 N–H and O–H groups in total. The molecule has 84 valence electrons. The van der Waals surface area contributed by atoms with Crippen molar-refractivity contribution in [2.24, 2.45) is 5.73 Å². The molecule has 1 aromatic heterocycles. The Morgan fingerprint density at radius 1 is 1.19 bits per heavy atom. The highest BCUT2D eigenvalue weighted by Gasteiger charge is 2.08. The van der Waals surface area contributed by atoms with E-state index in [9.17, 15) is 0 Å². The quantitative estimate of drug-likeness (QED) is 0.804. The molecular formula is C12H11Br2NS. The van der Waals surface area contributed by atoms with Crippen molar-refractivity contribution in [3.05, 3.63) is 44.2 Å². The van der Waals surface area contributed by atoms with E-state index in [1.54, 1.807) is 11.3 Å². The van der Waals surface area contributed by atoms with Crippen LogP contribution in [0.1, 0.15) is 17.8 Å². The molecule has 0 aliphatic rings. The molecule has 0 amide bonds. The Hall–Kier alpha value is -0.160. The molecule has 1 unspecified atom stereocenters. The number of benzene rings is 1. The average Bonchev–Trinajstić information content (AvgIpc) is 2.66. The number of rotatable bonds is 2. The Kier molecular flexibility index (Phi) is 3.85. The van der Waals surface area contributed by atoms with Crippen LogP contribution in [0.25, 0.3) is 10.4 Å². The molecule has 0 radical (unpaired) electrons. The van der Waals surface area contributed by atoms with Gasteiger partial charge < -0.3 is 5.73 Å². The summed E-state index contributed by atoms with van der Waals surface area (Å²) in [6, 6.07) is 10.5. The molecule has 0 aliphatic heterocycles. The Balaban J connectivity index is 2.42.